The van der Waals surface area contributed by atoms with E-state index >= 15 is 0 Å². The molecule has 2 fully saturated rings. The molecule has 7 heteroatoms. The molecule has 29 heavy (non-hydrogen) atoms. The number of likely N-dealkylation sites (tertiary alicyclic amines) is 1. The van der Waals surface area contributed by atoms with Crippen LogP contribution >= 0.6 is 15.9 Å². The Kier molecular flexibility index (Phi) is 5.72. The number of carbonyl (C=O) groups excluding carboxylic acids is 1. The maximum Gasteiger partial charge on any atom is 0.328 e. The van der Waals surface area contributed by atoms with E-state index in [0.29, 0.717) is 18.4 Å². The summed E-state index contributed by atoms with van der Waals surface area (Å²) in [4.78, 5) is 28.9. The van der Waals surface area contributed by atoms with Crippen molar-refractivity contribution in [2.24, 2.45) is 0 Å². The first kappa shape index (κ1) is 20.1. The minimum atomic E-state index is -1.03. The Labute approximate surface area is 178 Å². The van der Waals surface area contributed by atoms with Gasteiger partial charge in [-0.05, 0) is 29.8 Å². The molecule has 2 heterocycles. The number of nitrogens with zero attached hydrogens (tertiary/aromatic N) is 2. The summed E-state index contributed by atoms with van der Waals surface area (Å²) in [5, 5.41) is 9.69. The van der Waals surface area contributed by atoms with Crippen LogP contribution in [0.1, 0.15) is 28.8 Å². The Balaban J connectivity index is 1.53. The summed E-state index contributed by atoms with van der Waals surface area (Å²) in [5.74, 6) is -1.32. The van der Waals surface area contributed by atoms with E-state index in [1.165, 1.54) is 10.5 Å². The second-order valence-electron chi connectivity index (χ2n) is 7.56. The van der Waals surface area contributed by atoms with Crippen molar-refractivity contribution in [3.8, 4) is 0 Å². The molecule has 0 aliphatic carbocycles. The summed E-state index contributed by atoms with van der Waals surface area (Å²) in [5.41, 5.74) is 0.846. The first-order valence-corrected chi connectivity index (χ1v) is 10.5. The van der Waals surface area contributed by atoms with Gasteiger partial charge in [0, 0.05) is 42.5 Å². The van der Waals surface area contributed by atoms with Crippen LogP contribution in [0.5, 0.6) is 0 Å². The summed E-state index contributed by atoms with van der Waals surface area (Å²) in [6, 6.07) is 16.3. The molecule has 2 aliphatic rings. The van der Waals surface area contributed by atoms with Gasteiger partial charge in [0.1, 0.15) is 5.72 Å². The zero-order chi connectivity index (χ0) is 20.4. The lowest BCUT2D eigenvalue weighted by Gasteiger charge is -2.44. The second kappa shape index (κ2) is 8.26. The molecule has 4 rings (SSSR count). The van der Waals surface area contributed by atoms with Crippen LogP contribution in [0.4, 0.5) is 0 Å². The molecule has 0 radical (unpaired) electrons. The van der Waals surface area contributed by atoms with Crippen molar-refractivity contribution in [3.05, 3.63) is 70.2 Å². The van der Waals surface area contributed by atoms with Gasteiger partial charge >= 0.3 is 5.97 Å². The average Bonchev–Trinajstić information content (AvgIpc) is 3.10. The fourth-order valence-corrected chi connectivity index (χ4v) is 4.45. The molecule has 0 saturated carbocycles. The average molecular weight is 459 g/mol. The van der Waals surface area contributed by atoms with Gasteiger partial charge < -0.3 is 9.84 Å². The van der Waals surface area contributed by atoms with E-state index in [9.17, 15) is 14.7 Å². The van der Waals surface area contributed by atoms with Gasteiger partial charge in [0.2, 0.25) is 0 Å². The number of carboxylic acid groups (broad SMARTS) is 1. The predicted octanol–water partition coefficient (Wildman–Crippen LogP) is 3.37. The number of ether oxygens (including phenoxy) is 1. The van der Waals surface area contributed by atoms with Gasteiger partial charge in [0.25, 0.3) is 5.91 Å². The predicted molar refractivity (Wildman–Crippen MR) is 111 cm³/mol. The lowest BCUT2D eigenvalue weighted by Crippen LogP contribution is -2.58. The Morgan fingerprint density at radius 2 is 1.72 bits per heavy atom. The third kappa shape index (κ3) is 4.08. The molecule has 2 aromatic rings. The highest BCUT2D eigenvalue weighted by atomic mass is 79.9. The van der Waals surface area contributed by atoms with Crippen molar-refractivity contribution < 1.29 is 19.4 Å². The first-order valence-electron chi connectivity index (χ1n) is 9.71. The number of hydrogen-bond acceptors (Lipinski definition) is 4. The quantitative estimate of drug-likeness (QED) is 0.760. The Morgan fingerprint density at radius 3 is 2.34 bits per heavy atom. The summed E-state index contributed by atoms with van der Waals surface area (Å²) < 4.78 is 6.89. The van der Waals surface area contributed by atoms with Crippen molar-refractivity contribution >= 4 is 27.8 Å². The number of halogens is 1. The lowest BCUT2D eigenvalue weighted by molar-refractivity contribution is -0.144. The highest BCUT2D eigenvalue weighted by Crippen LogP contribution is 2.38. The minimum absolute atomic E-state index is 0.0241. The molecule has 152 valence electrons. The molecule has 0 unspecified atom stereocenters. The van der Waals surface area contributed by atoms with Gasteiger partial charge in [-0.1, -0.05) is 46.3 Å². The maximum atomic E-state index is 13.3. The smallest absolute Gasteiger partial charge is 0.328 e. The Hall–Kier alpha value is -2.22. The van der Waals surface area contributed by atoms with Gasteiger partial charge in [-0.25, -0.2) is 4.79 Å². The zero-order valence-corrected chi connectivity index (χ0v) is 17.5. The van der Waals surface area contributed by atoms with Gasteiger partial charge in [0.15, 0.2) is 6.04 Å². The third-order valence-electron chi connectivity index (χ3n) is 5.74. The van der Waals surface area contributed by atoms with Gasteiger partial charge in [-0.3, -0.25) is 14.6 Å². The number of carboxylic acids is 1. The fourth-order valence-electron chi connectivity index (χ4n) is 4.19. The molecule has 1 atom stereocenters. The molecule has 1 N–H and O–H groups in total. The number of hydrogen-bond donors (Lipinski definition) is 1. The van der Waals surface area contributed by atoms with Crippen LogP contribution in [0, 0.1) is 0 Å². The van der Waals surface area contributed by atoms with E-state index in [1.54, 1.807) is 24.3 Å². The van der Waals surface area contributed by atoms with E-state index in [2.05, 4.69) is 33.0 Å². The van der Waals surface area contributed by atoms with Gasteiger partial charge in [-0.2, -0.15) is 0 Å². The largest absolute Gasteiger partial charge is 0.480 e. The first-order chi connectivity index (χ1) is 14.0. The highest BCUT2D eigenvalue weighted by molar-refractivity contribution is 9.10. The molecule has 1 spiro atoms. The van der Waals surface area contributed by atoms with Crippen molar-refractivity contribution in [1.82, 2.24) is 9.80 Å². The maximum absolute atomic E-state index is 13.3. The minimum Gasteiger partial charge on any atom is -0.480 e. The van der Waals surface area contributed by atoms with Crippen molar-refractivity contribution in [2.45, 2.75) is 31.2 Å². The molecular formula is C22H23BrN2O4. The number of carbonyl (C=O) groups is 2. The van der Waals surface area contributed by atoms with E-state index < -0.39 is 17.7 Å². The van der Waals surface area contributed by atoms with Crippen LogP contribution < -0.4 is 0 Å². The number of amides is 1. The van der Waals surface area contributed by atoms with Crippen LogP contribution in [0.25, 0.3) is 0 Å². The van der Waals surface area contributed by atoms with E-state index in [-0.39, 0.29) is 12.5 Å². The van der Waals surface area contributed by atoms with E-state index in [1.807, 2.05) is 18.2 Å². The Bertz CT molecular complexity index is 879. The van der Waals surface area contributed by atoms with Gasteiger partial charge in [0.05, 0.1) is 6.61 Å². The fraction of sp³-hybridized carbons (Fsp3) is 0.364. The number of rotatable bonds is 4. The van der Waals surface area contributed by atoms with Crippen LogP contribution in [-0.2, 0) is 16.1 Å². The monoisotopic (exact) mass is 458 g/mol. The van der Waals surface area contributed by atoms with Crippen LogP contribution in [0.2, 0.25) is 0 Å². The summed E-state index contributed by atoms with van der Waals surface area (Å²) in [6.45, 7) is 2.34. The van der Waals surface area contributed by atoms with Crippen molar-refractivity contribution in [2.75, 3.05) is 19.7 Å². The highest BCUT2D eigenvalue weighted by Gasteiger charge is 2.54. The van der Waals surface area contributed by atoms with E-state index in [0.717, 1.165) is 24.1 Å². The summed E-state index contributed by atoms with van der Waals surface area (Å²) in [7, 11) is 0. The summed E-state index contributed by atoms with van der Waals surface area (Å²) >= 11 is 3.37. The topological polar surface area (TPSA) is 70.1 Å². The van der Waals surface area contributed by atoms with E-state index in [4.69, 9.17) is 4.74 Å². The van der Waals surface area contributed by atoms with Crippen LogP contribution in [-0.4, -0.2) is 58.2 Å². The SMILES string of the molecule is O=C(O)[C@@H]1COC2(CCN(Cc3ccccc3)CC2)N1C(=O)c1ccc(Br)cc1. The van der Waals surface area contributed by atoms with Crippen LogP contribution in [0.15, 0.2) is 59.1 Å². The van der Waals surface area contributed by atoms with Crippen molar-refractivity contribution in [1.29, 1.82) is 0 Å². The molecule has 2 aliphatic heterocycles. The summed E-state index contributed by atoms with van der Waals surface area (Å²) in [6.07, 6.45) is 1.18. The van der Waals surface area contributed by atoms with Crippen LogP contribution in [0.3, 0.4) is 0 Å². The number of benzene rings is 2. The molecule has 2 aromatic carbocycles. The molecular weight excluding hydrogens is 436 g/mol. The number of aliphatic carboxylic acids is 1. The zero-order valence-electron chi connectivity index (χ0n) is 16.0. The molecule has 6 nitrogen and oxygen atoms in total. The normalized spacial score (nSPS) is 21.4. The molecule has 0 bridgehead atoms. The molecule has 2 saturated heterocycles. The van der Waals surface area contributed by atoms with Crippen molar-refractivity contribution in [3.63, 3.8) is 0 Å². The third-order valence-corrected chi connectivity index (χ3v) is 6.27. The molecule has 1 amide bonds. The standard InChI is InChI=1S/C22H23BrN2O4/c23-18-8-6-17(7-9-18)20(26)25-19(21(27)28)15-29-22(25)10-12-24(13-11-22)14-16-4-2-1-3-5-16/h1-9,19H,10-15H2,(H,27,28)/t19-/m0/s1. The van der Waals surface area contributed by atoms with Gasteiger partial charge in [-0.15, -0.1) is 0 Å². The molecule has 0 aromatic heterocycles. The Morgan fingerprint density at radius 1 is 1.07 bits per heavy atom. The number of piperidine rings is 1. The lowest BCUT2D eigenvalue weighted by atomic mass is 9.96. The second-order valence-corrected chi connectivity index (χ2v) is 8.47.